The van der Waals surface area contributed by atoms with Crippen LogP contribution in [0.1, 0.15) is 35.5 Å². The summed E-state index contributed by atoms with van der Waals surface area (Å²) in [6, 6.07) is 15.5. The first-order valence-electron chi connectivity index (χ1n) is 10.0. The van der Waals surface area contributed by atoms with Crippen LogP contribution in [0.3, 0.4) is 0 Å². The van der Waals surface area contributed by atoms with Crippen LogP contribution in [-0.4, -0.2) is 24.1 Å². The lowest BCUT2D eigenvalue weighted by molar-refractivity contribution is -0.123. The van der Waals surface area contributed by atoms with Crippen LogP contribution in [-0.2, 0) is 4.79 Å². The van der Waals surface area contributed by atoms with Gasteiger partial charge in [-0.15, -0.1) is 0 Å². The smallest absolute Gasteiger partial charge is 0.262 e. The molecule has 3 aromatic rings. The predicted octanol–water partition coefficient (Wildman–Crippen LogP) is 5.58. The molecule has 0 radical (unpaired) electrons. The van der Waals surface area contributed by atoms with Gasteiger partial charge in [-0.05, 0) is 54.8 Å². The Labute approximate surface area is 200 Å². The molecule has 6 nitrogen and oxygen atoms in total. The normalized spacial score (nSPS) is 12.2. The first-order chi connectivity index (χ1) is 15.3. The van der Waals surface area contributed by atoms with Crippen molar-refractivity contribution in [1.82, 2.24) is 10.7 Å². The zero-order chi connectivity index (χ0) is 23.3. The molecule has 2 N–H and O–H groups in total. The van der Waals surface area contributed by atoms with Crippen molar-refractivity contribution < 1.29 is 14.0 Å². The molecule has 0 saturated heterocycles. The number of aryl methyl sites for hydroxylation is 1. The van der Waals surface area contributed by atoms with Crippen LogP contribution in [0.2, 0.25) is 5.02 Å². The van der Waals surface area contributed by atoms with Gasteiger partial charge >= 0.3 is 0 Å². The lowest BCUT2D eigenvalue weighted by atomic mass is 10.0. The van der Waals surface area contributed by atoms with Crippen molar-refractivity contribution in [2.45, 2.75) is 26.8 Å². The van der Waals surface area contributed by atoms with Crippen LogP contribution in [0.4, 0.5) is 0 Å². The fourth-order valence-corrected chi connectivity index (χ4v) is 3.93. The average molecular weight is 517 g/mol. The van der Waals surface area contributed by atoms with Crippen molar-refractivity contribution in [2.24, 2.45) is 11.0 Å². The summed E-state index contributed by atoms with van der Waals surface area (Å²) >= 11 is 9.62. The van der Waals surface area contributed by atoms with Crippen molar-refractivity contribution in [1.29, 1.82) is 0 Å². The lowest BCUT2D eigenvalue weighted by Gasteiger charge is -2.20. The molecular formula is C24H23BrClN3O3. The number of nitrogens with zero attached hydrogens (tertiary/aromatic N) is 1. The molecule has 1 heterocycles. The highest BCUT2D eigenvalue weighted by molar-refractivity contribution is 9.10. The van der Waals surface area contributed by atoms with Gasteiger partial charge in [0.15, 0.2) is 0 Å². The summed E-state index contributed by atoms with van der Waals surface area (Å²) in [5, 5.41) is 7.02. The summed E-state index contributed by atoms with van der Waals surface area (Å²) < 4.78 is 6.73. The van der Waals surface area contributed by atoms with Gasteiger partial charge in [0.25, 0.3) is 11.8 Å². The number of halogens is 2. The second-order valence-corrected chi connectivity index (χ2v) is 8.86. The molecule has 2 aromatic carbocycles. The van der Waals surface area contributed by atoms with E-state index in [0.29, 0.717) is 22.1 Å². The van der Waals surface area contributed by atoms with Crippen LogP contribution in [0.25, 0.3) is 11.3 Å². The van der Waals surface area contributed by atoms with E-state index in [-0.39, 0.29) is 5.92 Å². The van der Waals surface area contributed by atoms with E-state index in [0.717, 1.165) is 15.6 Å². The van der Waals surface area contributed by atoms with Crippen LogP contribution in [0.5, 0.6) is 0 Å². The molecule has 0 saturated carbocycles. The molecule has 1 aromatic heterocycles. The summed E-state index contributed by atoms with van der Waals surface area (Å²) in [6.07, 6.45) is 1.41. The summed E-state index contributed by atoms with van der Waals surface area (Å²) in [4.78, 5) is 25.2. The molecule has 2 amide bonds. The second-order valence-electron chi connectivity index (χ2n) is 7.59. The van der Waals surface area contributed by atoms with E-state index >= 15 is 0 Å². The Morgan fingerprint density at radius 2 is 1.88 bits per heavy atom. The van der Waals surface area contributed by atoms with Gasteiger partial charge in [-0.3, -0.25) is 9.59 Å². The van der Waals surface area contributed by atoms with Gasteiger partial charge in [0.05, 0.1) is 16.8 Å². The lowest BCUT2D eigenvalue weighted by Crippen LogP contribution is -2.48. The van der Waals surface area contributed by atoms with Gasteiger partial charge in [-0.2, -0.15) is 5.10 Å². The number of hydrogen-bond donors (Lipinski definition) is 2. The minimum Gasteiger partial charge on any atom is -0.455 e. The van der Waals surface area contributed by atoms with Crippen molar-refractivity contribution in [2.75, 3.05) is 0 Å². The third kappa shape index (κ3) is 5.87. The second kappa shape index (κ2) is 10.6. The maximum atomic E-state index is 12.6. The highest BCUT2D eigenvalue weighted by Gasteiger charge is 2.25. The third-order valence-electron chi connectivity index (χ3n) is 4.74. The molecule has 32 heavy (non-hydrogen) atoms. The Hall–Kier alpha value is -2.90. The quantitative estimate of drug-likeness (QED) is 0.318. The van der Waals surface area contributed by atoms with E-state index in [1.165, 1.54) is 6.21 Å². The van der Waals surface area contributed by atoms with Crippen molar-refractivity contribution in [3.63, 3.8) is 0 Å². The van der Waals surface area contributed by atoms with E-state index in [1.807, 2.05) is 45.0 Å². The van der Waals surface area contributed by atoms with Crippen molar-refractivity contribution >= 4 is 45.6 Å². The number of hydrogen-bond acceptors (Lipinski definition) is 4. The number of furan rings is 1. The van der Waals surface area contributed by atoms with Gasteiger partial charge in [0.1, 0.15) is 17.6 Å². The Balaban J connectivity index is 1.65. The first kappa shape index (κ1) is 23.8. The Morgan fingerprint density at radius 1 is 1.12 bits per heavy atom. The maximum absolute atomic E-state index is 12.6. The highest BCUT2D eigenvalue weighted by Crippen LogP contribution is 2.30. The molecule has 0 bridgehead atoms. The third-order valence-corrected chi connectivity index (χ3v) is 5.72. The molecule has 0 fully saturated rings. The molecule has 0 aliphatic rings. The minimum absolute atomic E-state index is 0.161. The SMILES string of the molecule is Cc1ccc(-c2ccc(/C=N\NC(=O)[C@@H](NC(=O)c3ccccc3Cl)C(C)C)o2)c(Br)c1. The molecule has 0 spiro atoms. The van der Waals surface area contributed by atoms with Gasteiger partial charge in [-0.25, -0.2) is 5.43 Å². The van der Waals surface area contributed by atoms with Crippen LogP contribution in [0.15, 0.2) is 68.6 Å². The zero-order valence-corrected chi connectivity index (χ0v) is 20.2. The van der Waals surface area contributed by atoms with E-state index in [9.17, 15) is 9.59 Å². The van der Waals surface area contributed by atoms with Crippen LogP contribution in [0, 0.1) is 12.8 Å². The Kier molecular flexibility index (Phi) is 7.88. The fraction of sp³-hybridized carbons (Fsp3) is 0.208. The fourth-order valence-electron chi connectivity index (χ4n) is 3.02. The predicted molar refractivity (Wildman–Crippen MR) is 130 cm³/mol. The number of hydrazone groups is 1. The number of carbonyl (C=O) groups excluding carboxylic acids is 2. The van der Waals surface area contributed by atoms with Gasteiger partial charge in [0, 0.05) is 10.0 Å². The summed E-state index contributed by atoms with van der Waals surface area (Å²) in [7, 11) is 0. The Bertz CT molecular complexity index is 1160. The monoisotopic (exact) mass is 515 g/mol. The molecular weight excluding hydrogens is 494 g/mol. The van der Waals surface area contributed by atoms with Crippen LogP contribution >= 0.6 is 27.5 Å². The molecule has 1 atom stereocenters. The topological polar surface area (TPSA) is 83.7 Å². The number of carbonyl (C=O) groups is 2. The minimum atomic E-state index is -0.786. The summed E-state index contributed by atoms with van der Waals surface area (Å²) in [5.41, 5.74) is 4.83. The molecule has 3 rings (SSSR count). The number of amides is 2. The van der Waals surface area contributed by atoms with Crippen LogP contribution < -0.4 is 10.7 Å². The molecule has 0 aliphatic heterocycles. The van der Waals surface area contributed by atoms with E-state index < -0.39 is 17.9 Å². The summed E-state index contributed by atoms with van der Waals surface area (Å²) in [6.45, 7) is 5.68. The summed E-state index contributed by atoms with van der Waals surface area (Å²) in [5.74, 6) is 0.133. The number of benzene rings is 2. The van der Waals surface area contributed by atoms with Crippen molar-refractivity contribution in [3.05, 3.63) is 81.0 Å². The largest absolute Gasteiger partial charge is 0.455 e. The highest BCUT2D eigenvalue weighted by atomic mass is 79.9. The number of rotatable bonds is 7. The van der Waals surface area contributed by atoms with Gasteiger partial charge in [-0.1, -0.05) is 59.6 Å². The Morgan fingerprint density at radius 3 is 2.56 bits per heavy atom. The molecule has 0 aliphatic carbocycles. The average Bonchev–Trinajstić information content (AvgIpc) is 3.20. The number of nitrogens with one attached hydrogen (secondary N) is 2. The maximum Gasteiger partial charge on any atom is 0.262 e. The van der Waals surface area contributed by atoms with E-state index in [2.05, 4.69) is 31.8 Å². The standard InChI is InChI=1S/C24H23BrClN3O3/c1-14(2)22(28-23(30)18-6-4-5-7-20(18)26)24(31)29-27-13-16-9-11-21(32-16)17-10-8-15(3)12-19(17)25/h4-14,22H,1-3H3,(H,28,30)(H,29,31)/b27-13-/t22-/m0/s1. The molecule has 166 valence electrons. The molecule has 8 heteroatoms. The molecule has 0 unspecified atom stereocenters. The zero-order valence-electron chi connectivity index (χ0n) is 17.9. The van der Waals surface area contributed by atoms with Gasteiger partial charge in [0.2, 0.25) is 0 Å². The first-order valence-corrected chi connectivity index (χ1v) is 11.2. The van der Waals surface area contributed by atoms with E-state index in [4.69, 9.17) is 16.0 Å². The van der Waals surface area contributed by atoms with Gasteiger partial charge < -0.3 is 9.73 Å². The van der Waals surface area contributed by atoms with E-state index in [1.54, 1.807) is 30.3 Å². The van der Waals surface area contributed by atoms with Crippen molar-refractivity contribution in [3.8, 4) is 11.3 Å².